The van der Waals surface area contributed by atoms with E-state index in [0.29, 0.717) is 5.69 Å². The van der Waals surface area contributed by atoms with Crippen LogP contribution in [0.4, 0.5) is 17.2 Å². The minimum Gasteiger partial charge on any atom is -0.322 e. The Morgan fingerprint density at radius 2 is 1.36 bits per heavy atom. The number of benzene rings is 3. The van der Waals surface area contributed by atoms with Crippen LogP contribution in [-0.4, -0.2) is 27.7 Å². The van der Waals surface area contributed by atoms with Crippen LogP contribution >= 0.6 is 11.6 Å². The fourth-order valence-electron chi connectivity index (χ4n) is 3.08. The van der Waals surface area contributed by atoms with Gasteiger partial charge in [0, 0.05) is 17.4 Å². The van der Waals surface area contributed by atoms with Crippen molar-refractivity contribution in [2.45, 2.75) is 9.79 Å². The molecule has 1 aromatic heterocycles. The summed E-state index contributed by atoms with van der Waals surface area (Å²) in [6.45, 7) is 0. The van der Waals surface area contributed by atoms with E-state index in [2.05, 4.69) is 19.7 Å². The lowest BCUT2D eigenvalue weighted by atomic mass is 10.2. The topological polar surface area (TPSA) is 134 Å². The SMILES string of the molecule is O=C(Nc1ccc(S(=O)(=O)Nc2ccccn2)cc1)c1ccc(NS(=O)(=O)c2ccccc2)c(Cl)c1. The summed E-state index contributed by atoms with van der Waals surface area (Å²) in [6.07, 6.45) is 1.47. The van der Waals surface area contributed by atoms with Crippen molar-refractivity contribution in [3.05, 3.63) is 108 Å². The number of hydrogen-bond acceptors (Lipinski definition) is 6. The molecule has 0 fully saturated rings. The van der Waals surface area contributed by atoms with Gasteiger partial charge in [-0.2, -0.15) is 0 Å². The molecule has 4 aromatic rings. The van der Waals surface area contributed by atoms with Gasteiger partial charge in [0.2, 0.25) is 0 Å². The standard InChI is InChI=1S/C24H19ClN4O5S2/c25-21-16-17(9-14-22(21)28-35(31,32)19-6-2-1-3-7-19)24(30)27-18-10-12-20(13-11-18)36(33,34)29-23-8-4-5-15-26-23/h1-16,28H,(H,26,29)(H,27,30). The number of aromatic nitrogens is 1. The highest BCUT2D eigenvalue weighted by molar-refractivity contribution is 7.93. The molecule has 0 spiro atoms. The van der Waals surface area contributed by atoms with Crippen LogP contribution in [0.2, 0.25) is 5.02 Å². The third-order valence-corrected chi connectivity index (χ3v) is 7.92. The molecule has 4 rings (SSSR count). The normalized spacial score (nSPS) is 11.5. The molecule has 3 aromatic carbocycles. The number of carbonyl (C=O) groups excluding carboxylic acids is 1. The third-order valence-electron chi connectivity index (χ3n) is 4.86. The van der Waals surface area contributed by atoms with E-state index in [1.165, 1.54) is 66.9 Å². The summed E-state index contributed by atoms with van der Waals surface area (Å²) in [4.78, 5) is 16.7. The number of halogens is 1. The largest absolute Gasteiger partial charge is 0.322 e. The van der Waals surface area contributed by atoms with E-state index < -0.39 is 26.0 Å². The second-order valence-electron chi connectivity index (χ2n) is 7.41. The molecule has 0 aliphatic heterocycles. The summed E-state index contributed by atoms with van der Waals surface area (Å²) < 4.78 is 54.8. The second-order valence-corrected chi connectivity index (χ2v) is 11.2. The molecule has 1 heterocycles. The highest BCUT2D eigenvalue weighted by atomic mass is 35.5. The highest BCUT2D eigenvalue weighted by Gasteiger charge is 2.18. The molecule has 0 aliphatic rings. The van der Waals surface area contributed by atoms with Crippen LogP contribution in [-0.2, 0) is 20.0 Å². The van der Waals surface area contributed by atoms with Gasteiger partial charge in [-0.1, -0.05) is 35.9 Å². The van der Waals surface area contributed by atoms with Crippen LogP contribution in [0.3, 0.4) is 0 Å². The van der Waals surface area contributed by atoms with Crippen molar-refractivity contribution < 1.29 is 21.6 Å². The van der Waals surface area contributed by atoms with Crippen molar-refractivity contribution in [1.82, 2.24) is 4.98 Å². The van der Waals surface area contributed by atoms with E-state index in [1.807, 2.05) is 0 Å². The van der Waals surface area contributed by atoms with E-state index in [1.54, 1.807) is 30.3 Å². The first-order valence-electron chi connectivity index (χ1n) is 10.4. The molecule has 0 aliphatic carbocycles. The molecule has 12 heteroatoms. The van der Waals surface area contributed by atoms with Gasteiger partial charge >= 0.3 is 0 Å². The number of sulfonamides is 2. The van der Waals surface area contributed by atoms with Crippen molar-refractivity contribution in [2.75, 3.05) is 14.8 Å². The molecule has 0 atom stereocenters. The minimum atomic E-state index is -3.85. The predicted molar refractivity (Wildman–Crippen MR) is 138 cm³/mol. The Hall–Kier alpha value is -3.93. The van der Waals surface area contributed by atoms with Gasteiger partial charge in [0.25, 0.3) is 26.0 Å². The summed E-state index contributed by atoms with van der Waals surface area (Å²) in [5, 5.41) is 2.68. The third kappa shape index (κ3) is 6.00. The molecule has 3 N–H and O–H groups in total. The van der Waals surface area contributed by atoms with E-state index in [4.69, 9.17) is 11.6 Å². The van der Waals surface area contributed by atoms with Crippen LogP contribution in [0.15, 0.2) is 107 Å². The van der Waals surface area contributed by atoms with Gasteiger partial charge in [0.1, 0.15) is 5.82 Å². The molecular weight excluding hydrogens is 524 g/mol. The van der Waals surface area contributed by atoms with Crippen molar-refractivity contribution in [2.24, 2.45) is 0 Å². The summed E-state index contributed by atoms with van der Waals surface area (Å²) in [5.74, 6) is -0.335. The van der Waals surface area contributed by atoms with E-state index in [0.717, 1.165) is 0 Å². The van der Waals surface area contributed by atoms with E-state index in [-0.39, 0.29) is 31.9 Å². The van der Waals surface area contributed by atoms with Crippen molar-refractivity contribution >= 4 is 54.7 Å². The molecule has 0 saturated heterocycles. The molecule has 9 nitrogen and oxygen atoms in total. The van der Waals surface area contributed by atoms with Gasteiger partial charge in [-0.25, -0.2) is 21.8 Å². The minimum absolute atomic E-state index is 0.00995. The van der Waals surface area contributed by atoms with Gasteiger partial charge in [-0.05, 0) is 66.7 Å². The van der Waals surface area contributed by atoms with Crippen molar-refractivity contribution in [3.63, 3.8) is 0 Å². The Kier molecular flexibility index (Phi) is 7.25. The first-order chi connectivity index (χ1) is 17.1. The molecule has 0 saturated carbocycles. The number of anilines is 3. The van der Waals surface area contributed by atoms with Crippen LogP contribution in [0, 0.1) is 0 Å². The summed E-state index contributed by atoms with van der Waals surface area (Å²) in [5.41, 5.74) is 0.643. The highest BCUT2D eigenvalue weighted by Crippen LogP contribution is 2.26. The lowest BCUT2D eigenvalue weighted by Gasteiger charge is -2.12. The number of carbonyl (C=O) groups is 1. The number of rotatable bonds is 8. The maximum Gasteiger partial charge on any atom is 0.263 e. The number of hydrogen-bond donors (Lipinski definition) is 3. The van der Waals surface area contributed by atoms with E-state index in [9.17, 15) is 21.6 Å². The zero-order valence-electron chi connectivity index (χ0n) is 18.4. The smallest absolute Gasteiger partial charge is 0.263 e. The van der Waals surface area contributed by atoms with Crippen LogP contribution in [0.1, 0.15) is 10.4 Å². The molecule has 0 radical (unpaired) electrons. The molecule has 1 amide bonds. The summed E-state index contributed by atoms with van der Waals surface area (Å²) in [6, 6.07) is 22.3. The van der Waals surface area contributed by atoms with Crippen molar-refractivity contribution in [3.8, 4) is 0 Å². The fraction of sp³-hybridized carbons (Fsp3) is 0. The average Bonchev–Trinajstić information content (AvgIpc) is 2.86. The Morgan fingerprint density at radius 3 is 2.00 bits per heavy atom. The zero-order valence-corrected chi connectivity index (χ0v) is 20.8. The summed E-state index contributed by atoms with van der Waals surface area (Å²) in [7, 11) is -7.70. The Bertz CT molecular complexity index is 1600. The molecular formula is C24H19ClN4O5S2. The van der Waals surface area contributed by atoms with Gasteiger partial charge < -0.3 is 5.32 Å². The molecule has 0 bridgehead atoms. The Labute approximate surface area is 213 Å². The quantitative estimate of drug-likeness (QED) is 0.298. The number of pyridine rings is 1. The maximum atomic E-state index is 12.7. The summed E-state index contributed by atoms with van der Waals surface area (Å²) >= 11 is 6.22. The zero-order chi connectivity index (χ0) is 25.8. The van der Waals surface area contributed by atoms with Crippen LogP contribution < -0.4 is 14.8 Å². The number of nitrogens with one attached hydrogen (secondary N) is 3. The molecule has 36 heavy (non-hydrogen) atoms. The Balaban J connectivity index is 1.44. The average molecular weight is 543 g/mol. The Morgan fingerprint density at radius 1 is 0.722 bits per heavy atom. The maximum absolute atomic E-state index is 12.7. The molecule has 0 unspecified atom stereocenters. The van der Waals surface area contributed by atoms with E-state index >= 15 is 0 Å². The number of amides is 1. The lowest BCUT2D eigenvalue weighted by molar-refractivity contribution is 0.102. The van der Waals surface area contributed by atoms with Gasteiger partial charge in [-0.3, -0.25) is 14.2 Å². The van der Waals surface area contributed by atoms with Gasteiger partial charge in [0.15, 0.2) is 0 Å². The predicted octanol–water partition coefficient (Wildman–Crippen LogP) is 4.59. The van der Waals surface area contributed by atoms with Gasteiger partial charge in [0.05, 0.1) is 20.5 Å². The van der Waals surface area contributed by atoms with Crippen LogP contribution in [0.5, 0.6) is 0 Å². The van der Waals surface area contributed by atoms with Crippen LogP contribution in [0.25, 0.3) is 0 Å². The first kappa shape index (κ1) is 25.2. The first-order valence-corrected chi connectivity index (χ1v) is 13.7. The number of nitrogens with zero attached hydrogens (tertiary/aromatic N) is 1. The fourth-order valence-corrected chi connectivity index (χ4v) is 5.48. The monoisotopic (exact) mass is 542 g/mol. The molecule has 184 valence electrons. The lowest BCUT2D eigenvalue weighted by Crippen LogP contribution is -2.15. The van der Waals surface area contributed by atoms with Gasteiger partial charge in [-0.15, -0.1) is 0 Å². The van der Waals surface area contributed by atoms with Crippen molar-refractivity contribution in [1.29, 1.82) is 0 Å². The second kappa shape index (κ2) is 10.4.